The number of nitrogens with zero attached hydrogens (tertiary/aromatic N) is 1. The Morgan fingerprint density at radius 3 is 2.41 bits per heavy atom. The summed E-state index contributed by atoms with van der Waals surface area (Å²) < 4.78 is 5.20. The van der Waals surface area contributed by atoms with Crippen LogP contribution in [-0.2, 0) is 0 Å². The van der Waals surface area contributed by atoms with Crippen LogP contribution in [0.1, 0.15) is 5.56 Å². The van der Waals surface area contributed by atoms with E-state index in [2.05, 4.69) is 10.3 Å². The Labute approximate surface area is 169 Å². The second kappa shape index (κ2) is 8.84. The predicted molar refractivity (Wildman–Crippen MR) is 117 cm³/mol. The Kier molecular flexibility index (Phi) is 6.04. The average Bonchev–Trinajstić information content (AvgIpc) is 2.73. The van der Waals surface area contributed by atoms with Gasteiger partial charge in [0.25, 0.3) is 0 Å². The van der Waals surface area contributed by atoms with E-state index in [0.29, 0.717) is 22.7 Å². The SMILES string of the molecule is CN/C(=C\C(N)=Nc1cccc(OC)c1)c1cc(-c2ccc(O)cc2)ccc1O. The first-order valence-electron chi connectivity index (χ1n) is 9.00. The molecule has 29 heavy (non-hydrogen) atoms. The normalized spacial score (nSPS) is 11.9. The molecular formula is C23H23N3O3. The number of hydrogen-bond donors (Lipinski definition) is 4. The number of nitrogens with one attached hydrogen (secondary N) is 1. The minimum atomic E-state index is 0.113. The number of aromatic hydroxyl groups is 2. The van der Waals surface area contributed by atoms with Gasteiger partial charge in [0.2, 0.25) is 0 Å². The molecule has 0 saturated carbocycles. The second-order valence-electron chi connectivity index (χ2n) is 6.32. The zero-order valence-electron chi connectivity index (χ0n) is 16.3. The molecule has 0 saturated heterocycles. The molecule has 0 aliphatic carbocycles. The van der Waals surface area contributed by atoms with Gasteiger partial charge in [0, 0.05) is 30.5 Å². The lowest BCUT2D eigenvalue weighted by atomic mass is 10.0. The number of phenolic OH excluding ortho intramolecular Hbond substituents is 2. The number of ether oxygens (including phenoxy) is 1. The minimum absolute atomic E-state index is 0.113. The van der Waals surface area contributed by atoms with E-state index in [9.17, 15) is 10.2 Å². The van der Waals surface area contributed by atoms with Crippen LogP contribution in [-0.4, -0.2) is 30.2 Å². The summed E-state index contributed by atoms with van der Waals surface area (Å²) in [6.45, 7) is 0. The van der Waals surface area contributed by atoms with Gasteiger partial charge in [-0.2, -0.15) is 0 Å². The molecule has 0 aliphatic rings. The molecule has 148 valence electrons. The van der Waals surface area contributed by atoms with Crippen molar-refractivity contribution in [2.24, 2.45) is 10.7 Å². The van der Waals surface area contributed by atoms with Gasteiger partial charge in [-0.05, 0) is 47.5 Å². The molecule has 0 atom stereocenters. The Hall–Kier alpha value is -3.93. The molecule has 0 heterocycles. The van der Waals surface area contributed by atoms with Crippen LogP contribution in [0, 0.1) is 0 Å². The van der Waals surface area contributed by atoms with Crippen molar-refractivity contribution in [2.75, 3.05) is 14.2 Å². The lowest BCUT2D eigenvalue weighted by Gasteiger charge is -2.12. The molecule has 6 nitrogen and oxygen atoms in total. The van der Waals surface area contributed by atoms with E-state index in [0.717, 1.165) is 11.1 Å². The molecule has 6 heteroatoms. The molecular weight excluding hydrogens is 366 g/mol. The largest absolute Gasteiger partial charge is 0.508 e. The van der Waals surface area contributed by atoms with E-state index in [1.165, 1.54) is 0 Å². The second-order valence-corrected chi connectivity index (χ2v) is 6.32. The van der Waals surface area contributed by atoms with Crippen molar-refractivity contribution in [1.29, 1.82) is 0 Å². The van der Waals surface area contributed by atoms with Crippen molar-refractivity contribution in [1.82, 2.24) is 5.32 Å². The van der Waals surface area contributed by atoms with E-state index < -0.39 is 0 Å². The van der Waals surface area contributed by atoms with Gasteiger partial charge in [-0.15, -0.1) is 0 Å². The number of phenols is 2. The van der Waals surface area contributed by atoms with E-state index in [4.69, 9.17) is 10.5 Å². The molecule has 3 rings (SSSR count). The monoisotopic (exact) mass is 389 g/mol. The number of amidine groups is 1. The van der Waals surface area contributed by atoms with Crippen LogP contribution in [0.3, 0.4) is 0 Å². The van der Waals surface area contributed by atoms with Crippen LogP contribution in [0.15, 0.2) is 77.8 Å². The topological polar surface area (TPSA) is 100 Å². The smallest absolute Gasteiger partial charge is 0.126 e. The number of methoxy groups -OCH3 is 1. The standard InChI is InChI=1S/C23H23N3O3/c1-25-21(14-23(24)26-17-4-3-5-19(13-17)29-2)20-12-16(8-11-22(20)28)15-6-9-18(27)10-7-15/h3-14,25,27-28H,1-2H3,(H2,24,26)/b21-14-. The molecule has 0 fully saturated rings. The third-order valence-corrected chi connectivity index (χ3v) is 4.36. The van der Waals surface area contributed by atoms with Gasteiger partial charge in [-0.1, -0.05) is 24.3 Å². The first-order chi connectivity index (χ1) is 14.0. The van der Waals surface area contributed by atoms with Crippen molar-refractivity contribution in [3.8, 4) is 28.4 Å². The fourth-order valence-electron chi connectivity index (χ4n) is 2.88. The van der Waals surface area contributed by atoms with Gasteiger partial charge < -0.3 is 26.0 Å². The summed E-state index contributed by atoms with van der Waals surface area (Å²) >= 11 is 0. The number of hydrogen-bond acceptors (Lipinski definition) is 5. The minimum Gasteiger partial charge on any atom is -0.508 e. The molecule has 0 radical (unpaired) electrons. The summed E-state index contributed by atoms with van der Waals surface area (Å²) in [4.78, 5) is 4.39. The molecule has 0 amide bonds. The van der Waals surface area contributed by atoms with Gasteiger partial charge in [-0.25, -0.2) is 4.99 Å². The zero-order chi connectivity index (χ0) is 20.8. The Balaban J connectivity index is 1.97. The third kappa shape index (κ3) is 4.87. The van der Waals surface area contributed by atoms with Gasteiger partial charge in [0.1, 0.15) is 23.1 Å². The fraction of sp³-hybridized carbons (Fsp3) is 0.0870. The van der Waals surface area contributed by atoms with Gasteiger partial charge in [0.15, 0.2) is 0 Å². The number of aliphatic imine (C=N–C) groups is 1. The van der Waals surface area contributed by atoms with Gasteiger partial charge in [-0.3, -0.25) is 0 Å². The molecule has 0 unspecified atom stereocenters. The highest BCUT2D eigenvalue weighted by Gasteiger charge is 2.10. The summed E-state index contributed by atoms with van der Waals surface area (Å²) in [6, 6.07) is 19.4. The van der Waals surface area contributed by atoms with E-state index in [1.54, 1.807) is 44.5 Å². The lowest BCUT2D eigenvalue weighted by Crippen LogP contribution is -2.13. The lowest BCUT2D eigenvalue weighted by molar-refractivity contribution is 0.415. The zero-order valence-corrected chi connectivity index (χ0v) is 16.3. The fourth-order valence-corrected chi connectivity index (χ4v) is 2.88. The van der Waals surface area contributed by atoms with Crippen LogP contribution in [0.25, 0.3) is 16.8 Å². The molecule has 0 aliphatic heterocycles. The predicted octanol–water partition coefficient (Wildman–Crippen LogP) is 4.02. The van der Waals surface area contributed by atoms with Crippen molar-refractivity contribution in [3.63, 3.8) is 0 Å². The van der Waals surface area contributed by atoms with Crippen molar-refractivity contribution < 1.29 is 14.9 Å². The van der Waals surface area contributed by atoms with Crippen LogP contribution in [0.2, 0.25) is 0 Å². The number of benzene rings is 3. The molecule has 3 aromatic carbocycles. The van der Waals surface area contributed by atoms with E-state index in [-0.39, 0.29) is 17.3 Å². The summed E-state index contributed by atoms with van der Waals surface area (Å²) in [7, 11) is 3.34. The van der Waals surface area contributed by atoms with Crippen LogP contribution < -0.4 is 15.8 Å². The van der Waals surface area contributed by atoms with Crippen molar-refractivity contribution in [2.45, 2.75) is 0 Å². The highest BCUT2D eigenvalue weighted by Crippen LogP contribution is 2.30. The maximum atomic E-state index is 10.4. The maximum Gasteiger partial charge on any atom is 0.126 e. The number of nitrogens with two attached hydrogens (primary N) is 1. The Morgan fingerprint density at radius 2 is 1.72 bits per heavy atom. The maximum absolute atomic E-state index is 10.4. The third-order valence-electron chi connectivity index (χ3n) is 4.36. The molecule has 0 aromatic heterocycles. The Bertz CT molecular complexity index is 1060. The molecule has 0 spiro atoms. The summed E-state index contributed by atoms with van der Waals surface area (Å²) in [5, 5.41) is 22.9. The van der Waals surface area contributed by atoms with Crippen molar-refractivity contribution in [3.05, 3.63) is 78.4 Å². The molecule has 0 bridgehead atoms. The van der Waals surface area contributed by atoms with Crippen LogP contribution >= 0.6 is 0 Å². The first-order valence-corrected chi connectivity index (χ1v) is 9.00. The summed E-state index contributed by atoms with van der Waals surface area (Å²) in [5.41, 5.74) is 9.78. The number of rotatable bonds is 6. The average molecular weight is 389 g/mol. The molecule has 5 N–H and O–H groups in total. The van der Waals surface area contributed by atoms with Gasteiger partial charge >= 0.3 is 0 Å². The van der Waals surface area contributed by atoms with E-state index >= 15 is 0 Å². The highest BCUT2D eigenvalue weighted by atomic mass is 16.5. The summed E-state index contributed by atoms with van der Waals surface area (Å²) in [5.74, 6) is 1.28. The first kappa shape index (κ1) is 19.8. The Morgan fingerprint density at radius 1 is 1.00 bits per heavy atom. The van der Waals surface area contributed by atoms with Crippen LogP contribution in [0.4, 0.5) is 5.69 Å². The highest BCUT2D eigenvalue weighted by molar-refractivity contribution is 6.00. The quantitative estimate of drug-likeness (QED) is 0.377. The van der Waals surface area contributed by atoms with Gasteiger partial charge in [0.05, 0.1) is 12.8 Å². The van der Waals surface area contributed by atoms with Crippen LogP contribution in [0.5, 0.6) is 17.2 Å². The summed E-state index contributed by atoms with van der Waals surface area (Å²) in [6.07, 6.45) is 1.66. The molecule has 3 aromatic rings. The van der Waals surface area contributed by atoms with Crippen molar-refractivity contribution >= 4 is 17.2 Å². The van der Waals surface area contributed by atoms with E-state index in [1.807, 2.05) is 42.5 Å².